The zero-order valence-electron chi connectivity index (χ0n) is 16.9. The monoisotopic (exact) mass is 422 g/mol. The normalized spacial score (nSPS) is 10.7. The Morgan fingerprint density at radius 2 is 0.593 bits per heavy atom. The number of rotatable bonds is 0. The molecule has 0 bridgehead atoms. The molecule has 6 rings (SSSR count). The van der Waals surface area contributed by atoms with Gasteiger partial charge in [-0.2, -0.15) is 0 Å². The molecule has 6 aromatic rings. The predicted octanol–water partition coefficient (Wildman–Crippen LogP) is 7.65. The molecule has 0 fully saturated rings. The van der Waals surface area contributed by atoms with Gasteiger partial charge in [-0.05, 0) is 0 Å². The second-order valence-electron chi connectivity index (χ2n) is 6.64. The smallest absolute Gasteiger partial charge is 1.00 e. The first-order valence-electron chi connectivity index (χ1n) is 8.96. The topological polar surface area (TPSA) is 0 Å². The molecular weight excluding hydrogens is 404 g/mol. The van der Waals surface area contributed by atoms with Crippen LogP contribution in [-0.2, 0) is 26.2 Å². The van der Waals surface area contributed by atoms with Crippen molar-refractivity contribution in [1.29, 1.82) is 0 Å². The summed E-state index contributed by atoms with van der Waals surface area (Å²) >= 11 is 0. The summed E-state index contributed by atoms with van der Waals surface area (Å²) in [5.41, 5.74) is 0. The Hall–Kier alpha value is -2.50. The molecule has 0 aliphatic carbocycles. The van der Waals surface area contributed by atoms with Crippen molar-refractivity contribution in [1.82, 2.24) is 0 Å². The first kappa shape index (κ1) is 17.9. The minimum absolute atomic E-state index is 0. The van der Waals surface area contributed by atoms with E-state index in [0.717, 1.165) is 0 Å². The Kier molecular flexibility index (Phi) is 5.05. The molecule has 6 aromatic carbocycles. The summed E-state index contributed by atoms with van der Waals surface area (Å²) in [6.45, 7) is 0. The van der Waals surface area contributed by atoms with Crippen LogP contribution >= 0.6 is 0 Å². The van der Waals surface area contributed by atoms with Gasteiger partial charge in [0.05, 0.1) is 0 Å². The summed E-state index contributed by atoms with van der Waals surface area (Å²) in [7, 11) is 0. The average Bonchev–Trinajstić information content (AvgIpc) is 3.27. The van der Waals surface area contributed by atoms with Crippen LogP contribution < -0.4 is 0 Å². The third kappa shape index (κ3) is 3.29. The summed E-state index contributed by atoms with van der Waals surface area (Å²) in [6.07, 6.45) is 0. The minimum atomic E-state index is 0. The first-order valence-corrected chi connectivity index (χ1v) is 8.96. The number of fused-ring (bicyclic) bond motifs is 6. The molecular formula is C26H20Zr. The minimum Gasteiger partial charge on any atom is -1.00 e. The van der Waals surface area contributed by atoms with Gasteiger partial charge in [0.1, 0.15) is 0 Å². The van der Waals surface area contributed by atoms with Crippen molar-refractivity contribution >= 4 is 43.1 Å². The summed E-state index contributed by atoms with van der Waals surface area (Å²) < 4.78 is 0. The Bertz CT molecular complexity index is 1140. The largest absolute Gasteiger partial charge is 4.00 e. The van der Waals surface area contributed by atoms with Gasteiger partial charge in [0, 0.05) is 0 Å². The van der Waals surface area contributed by atoms with Crippen molar-refractivity contribution in [3.8, 4) is 0 Å². The van der Waals surface area contributed by atoms with E-state index < -0.39 is 0 Å². The molecule has 27 heavy (non-hydrogen) atoms. The van der Waals surface area contributed by atoms with Crippen LogP contribution in [0, 0.1) is 0 Å². The predicted molar refractivity (Wildman–Crippen MR) is 116 cm³/mol. The van der Waals surface area contributed by atoms with Gasteiger partial charge in [-0.3, -0.25) is 0 Å². The fraction of sp³-hybridized carbons (Fsp3) is 0. The van der Waals surface area contributed by atoms with Crippen LogP contribution in [0.15, 0.2) is 109 Å². The summed E-state index contributed by atoms with van der Waals surface area (Å²) in [4.78, 5) is 0. The van der Waals surface area contributed by atoms with Crippen LogP contribution in [0.1, 0.15) is 2.85 Å². The van der Waals surface area contributed by atoms with Gasteiger partial charge < -0.3 is 2.85 Å². The van der Waals surface area contributed by atoms with E-state index in [9.17, 15) is 0 Å². The molecule has 128 valence electrons. The SMILES string of the molecule is [H-].[H-].[Zr+4].c1ccc2c(c1)[cH-]c1ccccc12.c1ccc2c(c1)[cH-]c1ccccc12. The van der Waals surface area contributed by atoms with Crippen LogP contribution in [0.4, 0.5) is 0 Å². The third-order valence-corrected chi connectivity index (χ3v) is 5.05. The van der Waals surface area contributed by atoms with E-state index >= 15 is 0 Å². The van der Waals surface area contributed by atoms with Gasteiger partial charge in [0.15, 0.2) is 0 Å². The van der Waals surface area contributed by atoms with E-state index in [1.54, 1.807) is 0 Å². The van der Waals surface area contributed by atoms with Crippen molar-refractivity contribution < 1.29 is 29.1 Å². The van der Waals surface area contributed by atoms with Crippen LogP contribution in [0.2, 0.25) is 0 Å². The van der Waals surface area contributed by atoms with Gasteiger partial charge in [-0.1, -0.05) is 72.8 Å². The van der Waals surface area contributed by atoms with Crippen LogP contribution in [0.5, 0.6) is 0 Å². The molecule has 0 nitrogen and oxygen atoms in total. The zero-order valence-corrected chi connectivity index (χ0v) is 17.4. The zero-order chi connectivity index (χ0) is 17.3. The second-order valence-corrected chi connectivity index (χ2v) is 6.64. The van der Waals surface area contributed by atoms with Gasteiger partial charge in [0.2, 0.25) is 0 Å². The molecule has 0 saturated carbocycles. The van der Waals surface area contributed by atoms with Crippen LogP contribution in [-0.4, -0.2) is 0 Å². The van der Waals surface area contributed by atoms with Crippen molar-refractivity contribution in [2.45, 2.75) is 0 Å². The first-order chi connectivity index (χ1) is 12.9. The van der Waals surface area contributed by atoms with Crippen molar-refractivity contribution in [3.63, 3.8) is 0 Å². The van der Waals surface area contributed by atoms with Crippen molar-refractivity contribution in [3.05, 3.63) is 109 Å². The van der Waals surface area contributed by atoms with E-state index in [4.69, 9.17) is 0 Å². The molecule has 0 aliphatic rings. The Labute approximate surface area is 180 Å². The molecule has 0 atom stereocenters. The molecule has 0 radical (unpaired) electrons. The Morgan fingerprint density at radius 1 is 0.370 bits per heavy atom. The fourth-order valence-electron chi connectivity index (χ4n) is 3.81. The third-order valence-electron chi connectivity index (χ3n) is 5.05. The van der Waals surface area contributed by atoms with E-state index in [-0.39, 0.29) is 29.1 Å². The van der Waals surface area contributed by atoms with Gasteiger partial charge in [-0.25, -0.2) is 0 Å². The van der Waals surface area contributed by atoms with E-state index in [0.29, 0.717) is 0 Å². The maximum Gasteiger partial charge on any atom is 4.00 e. The Morgan fingerprint density at radius 3 is 0.852 bits per heavy atom. The van der Waals surface area contributed by atoms with E-state index in [1.807, 2.05) is 0 Å². The molecule has 0 heterocycles. The number of benzene rings is 4. The van der Waals surface area contributed by atoms with Gasteiger partial charge in [0.25, 0.3) is 0 Å². The fourth-order valence-corrected chi connectivity index (χ4v) is 3.81. The average molecular weight is 424 g/mol. The standard InChI is InChI=1S/2C13H9.Zr.2H/c2*1-3-7-12-10(5-1)9-11-6-2-4-8-13(11)12;;;/h2*1-9H;;;/q2*-1;+4;2*-1. The van der Waals surface area contributed by atoms with Crippen LogP contribution in [0.25, 0.3) is 43.1 Å². The second kappa shape index (κ2) is 7.63. The molecule has 0 amide bonds. The Balaban J connectivity index is 0.000000187. The molecule has 0 unspecified atom stereocenters. The maximum atomic E-state index is 2.24. The van der Waals surface area contributed by atoms with Gasteiger partial charge >= 0.3 is 26.2 Å². The summed E-state index contributed by atoms with van der Waals surface area (Å²) in [6, 6.07) is 38.5. The summed E-state index contributed by atoms with van der Waals surface area (Å²) in [5.74, 6) is 0. The van der Waals surface area contributed by atoms with Crippen molar-refractivity contribution in [2.24, 2.45) is 0 Å². The van der Waals surface area contributed by atoms with Crippen molar-refractivity contribution in [2.75, 3.05) is 0 Å². The quantitative estimate of drug-likeness (QED) is 0.220. The van der Waals surface area contributed by atoms with E-state index in [1.165, 1.54) is 43.1 Å². The van der Waals surface area contributed by atoms with Crippen LogP contribution in [0.3, 0.4) is 0 Å². The number of hydrogen-bond donors (Lipinski definition) is 0. The van der Waals surface area contributed by atoms with E-state index in [2.05, 4.69) is 109 Å². The molecule has 0 aliphatic heterocycles. The molecule has 0 saturated heterocycles. The summed E-state index contributed by atoms with van der Waals surface area (Å²) in [5, 5.41) is 10.8. The molecule has 0 aromatic heterocycles. The van der Waals surface area contributed by atoms with Gasteiger partial charge in [-0.15, -0.1) is 79.5 Å². The molecule has 0 spiro atoms. The molecule has 1 heteroatoms. The number of hydrogen-bond acceptors (Lipinski definition) is 0. The molecule has 0 N–H and O–H groups in total. The maximum absolute atomic E-state index is 2.24.